The minimum absolute atomic E-state index is 0.0205. The summed E-state index contributed by atoms with van der Waals surface area (Å²) in [5.41, 5.74) is 0.714. The summed E-state index contributed by atoms with van der Waals surface area (Å²) in [6.07, 6.45) is 4.59. The Morgan fingerprint density at radius 1 is 1.39 bits per heavy atom. The monoisotopic (exact) mass is 252 g/mol. The zero-order valence-electron chi connectivity index (χ0n) is 11.0. The van der Waals surface area contributed by atoms with Crippen molar-refractivity contribution in [3.8, 4) is 0 Å². The van der Waals surface area contributed by atoms with E-state index in [0.29, 0.717) is 19.6 Å². The van der Waals surface area contributed by atoms with E-state index in [2.05, 4.69) is 4.98 Å². The lowest BCUT2D eigenvalue weighted by atomic mass is 10.2. The third-order valence-corrected chi connectivity index (χ3v) is 2.60. The normalized spacial score (nSPS) is 10.3. The molecule has 0 radical (unpaired) electrons. The molecule has 1 aromatic heterocycles. The number of aromatic nitrogens is 2. The van der Waals surface area contributed by atoms with E-state index in [1.54, 1.807) is 24.7 Å². The lowest BCUT2D eigenvalue weighted by molar-refractivity contribution is -0.143. The summed E-state index contributed by atoms with van der Waals surface area (Å²) in [6, 6.07) is 1.53. The van der Waals surface area contributed by atoms with Gasteiger partial charge in [0.2, 0.25) is 0 Å². The average Bonchev–Trinajstić information content (AvgIpc) is 2.31. The van der Waals surface area contributed by atoms with E-state index < -0.39 is 0 Å². The molecule has 18 heavy (non-hydrogen) atoms. The molecule has 100 valence electrons. The quantitative estimate of drug-likeness (QED) is 0.547. The highest BCUT2D eigenvalue weighted by Crippen LogP contribution is 2.02. The minimum atomic E-state index is -0.147. The smallest absolute Gasteiger partial charge is 0.305 e. The van der Waals surface area contributed by atoms with Crippen molar-refractivity contribution in [1.82, 2.24) is 9.55 Å². The molecule has 0 aliphatic heterocycles. The first-order valence-electron chi connectivity index (χ1n) is 6.32. The first-order chi connectivity index (χ1) is 8.63. The Bertz CT molecular complexity index is 440. The average molecular weight is 252 g/mol. The lowest BCUT2D eigenvalue weighted by Crippen LogP contribution is -2.20. The predicted molar refractivity (Wildman–Crippen MR) is 68.3 cm³/mol. The Balaban J connectivity index is 2.22. The van der Waals surface area contributed by atoms with E-state index in [0.717, 1.165) is 25.0 Å². The lowest BCUT2D eigenvalue weighted by Gasteiger charge is -2.05. The van der Waals surface area contributed by atoms with Gasteiger partial charge in [-0.15, -0.1) is 0 Å². The SMILES string of the molecule is CCOC(=O)CCCCCn1cnc(C)cc1=O. The van der Waals surface area contributed by atoms with Crippen molar-refractivity contribution in [3.63, 3.8) is 0 Å². The Kier molecular flexibility index (Phi) is 6.11. The van der Waals surface area contributed by atoms with Gasteiger partial charge >= 0.3 is 5.97 Å². The third-order valence-electron chi connectivity index (χ3n) is 2.60. The van der Waals surface area contributed by atoms with Crippen molar-refractivity contribution in [2.75, 3.05) is 6.61 Å². The second kappa shape index (κ2) is 7.63. The van der Waals surface area contributed by atoms with Gasteiger partial charge < -0.3 is 4.74 Å². The van der Waals surface area contributed by atoms with Gasteiger partial charge in [0.15, 0.2) is 0 Å². The second-order valence-electron chi connectivity index (χ2n) is 4.18. The van der Waals surface area contributed by atoms with Crippen LogP contribution in [0.25, 0.3) is 0 Å². The van der Waals surface area contributed by atoms with Gasteiger partial charge in [-0.05, 0) is 26.7 Å². The molecule has 0 unspecified atom stereocenters. The molecule has 0 amide bonds. The van der Waals surface area contributed by atoms with Crippen LogP contribution in [-0.2, 0) is 16.1 Å². The molecular formula is C13H20N2O3. The molecule has 5 nitrogen and oxygen atoms in total. The van der Waals surface area contributed by atoms with Gasteiger partial charge in [0.05, 0.1) is 12.9 Å². The zero-order valence-corrected chi connectivity index (χ0v) is 11.0. The van der Waals surface area contributed by atoms with Gasteiger partial charge in [0.25, 0.3) is 5.56 Å². The predicted octanol–water partition coefficient (Wildman–Crippen LogP) is 1.68. The van der Waals surface area contributed by atoms with Crippen LogP contribution in [-0.4, -0.2) is 22.1 Å². The molecule has 0 saturated heterocycles. The van der Waals surface area contributed by atoms with Crippen LogP contribution in [0.1, 0.15) is 38.3 Å². The summed E-state index contributed by atoms with van der Waals surface area (Å²) < 4.78 is 6.43. The van der Waals surface area contributed by atoms with Crippen molar-refractivity contribution in [3.05, 3.63) is 28.4 Å². The van der Waals surface area contributed by atoms with Gasteiger partial charge in [-0.1, -0.05) is 6.42 Å². The molecule has 0 aliphatic carbocycles. The van der Waals surface area contributed by atoms with Crippen LogP contribution in [0.15, 0.2) is 17.2 Å². The maximum absolute atomic E-state index is 11.5. The van der Waals surface area contributed by atoms with Crippen molar-refractivity contribution < 1.29 is 9.53 Å². The number of esters is 1. The number of aryl methyl sites for hydroxylation is 2. The van der Waals surface area contributed by atoms with E-state index in [1.807, 2.05) is 0 Å². The number of ether oxygens (including phenoxy) is 1. The summed E-state index contributed by atoms with van der Waals surface area (Å²) in [4.78, 5) is 26.7. The Morgan fingerprint density at radius 3 is 2.83 bits per heavy atom. The number of hydrogen-bond acceptors (Lipinski definition) is 4. The van der Waals surface area contributed by atoms with E-state index in [1.165, 1.54) is 6.07 Å². The van der Waals surface area contributed by atoms with Gasteiger partial charge in [0, 0.05) is 24.7 Å². The summed E-state index contributed by atoms with van der Waals surface area (Å²) in [6.45, 7) is 4.68. The van der Waals surface area contributed by atoms with Crippen molar-refractivity contribution >= 4 is 5.97 Å². The zero-order chi connectivity index (χ0) is 13.4. The first-order valence-corrected chi connectivity index (χ1v) is 6.32. The van der Waals surface area contributed by atoms with Gasteiger partial charge in [-0.2, -0.15) is 0 Å². The molecule has 0 fully saturated rings. The number of rotatable bonds is 7. The van der Waals surface area contributed by atoms with Crippen LogP contribution in [0.5, 0.6) is 0 Å². The highest BCUT2D eigenvalue weighted by Gasteiger charge is 2.01. The number of unbranched alkanes of at least 4 members (excludes halogenated alkanes) is 2. The topological polar surface area (TPSA) is 61.2 Å². The standard InChI is InChI=1S/C13H20N2O3/c1-3-18-13(17)7-5-4-6-8-15-10-14-11(2)9-12(15)16/h9-10H,3-8H2,1-2H3. The van der Waals surface area contributed by atoms with Crippen molar-refractivity contribution in [2.45, 2.75) is 46.1 Å². The first kappa shape index (κ1) is 14.4. The molecule has 0 saturated carbocycles. The second-order valence-corrected chi connectivity index (χ2v) is 4.18. The van der Waals surface area contributed by atoms with Crippen LogP contribution in [0.3, 0.4) is 0 Å². The van der Waals surface area contributed by atoms with Crippen LogP contribution in [0, 0.1) is 6.92 Å². The third kappa shape index (κ3) is 5.12. The summed E-state index contributed by atoms with van der Waals surface area (Å²) >= 11 is 0. The Hall–Kier alpha value is -1.65. The van der Waals surface area contributed by atoms with Crippen LogP contribution < -0.4 is 5.56 Å². The summed E-state index contributed by atoms with van der Waals surface area (Å²) in [5.74, 6) is -0.147. The fourth-order valence-corrected chi connectivity index (χ4v) is 1.65. The van der Waals surface area contributed by atoms with E-state index in [9.17, 15) is 9.59 Å². The molecule has 1 rings (SSSR count). The Morgan fingerprint density at radius 2 is 2.17 bits per heavy atom. The van der Waals surface area contributed by atoms with E-state index >= 15 is 0 Å². The van der Waals surface area contributed by atoms with Gasteiger partial charge in [-0.3, -0.25) is 14.2 Å². The molecule has 5 heteroatoms. The fraction of sp³-hybridized carbons (Fsp3) is 0.615. The van der Waals surface area contributed by atoms with E-state index in [4.69, 9.17) is 4.74 Å². The molecule has 0 N–H and O–H groups in total. The van der Waals surface area contributed by atoms with Crippen molar-refractivity contribution in [1.29, 1.82) is 0 Å². The largest absolute Gasteiger partial charge is 0.466 e. The number of carbonyl (C=O) groups excluding carboxylic acids is 1. The van der Waals surface area contributed by atoms with Gasteiger partial charge in [0.1, 0.15) is 0 Å². The molecule has 1 aromatic rings. The van der Waals surface area contributed by atoms with Crippen LogP contribution in [0.4, 0.5) is 0 Å². The molecule has 0 aromatic carbocycles. The number of hydrogen-bond donors (Lipinski definition) is 0. The maximum Gasteiger partial charge on any atom is 0.305 e. The molecule has 0 atom stereocenters. The van der Waals surface area contributed by atoms with E-state index in [-0.39, 0.29) is 11.5 Å². The highest BCUT2D eigenvalue weighted by atomic mass is 16.5. The van der Waals surface area contributed by atoms with Crippen LogP contribution >= 0.6 is 0 Å². The fourth-order valence-electron chi connectivity index (χ4n) is 1.65. The minimum Gasteiger partial charge on any atom is -0.466 e. The van der Waals surface area contributed by atoms with Gasteiger partial charge in [-0.25, -0.2) is 4.98 Å². The number of nitrogens with zero attached hydrogens (tertiary/aromatic N) is 2. The number of carbonyl (C=O) groups is 1. The maximum atomic E-state index is 11.5. The summed E-state index contributed by atoms with van der Waals surface area (Å²) in [7, 11) is 0. The van der Waals surface area contributed by atoms with Crippen LogP contribution in [0.2, 0.25) is 0 Å². The molecular weight excluding hydrogens is 232 g/mol. The molecule has 0 spiro atoms. The molecule has 1 heterocycles. The van der Waals surface area contributed by atoms with Crippen molar-refractivity contribution in [2.24, 2.45) is 0 Å². The molecule has 0 aliphatic rings. The molecule has 0 bridgehead atoms. The summed E-state index contributed by atoms with van der Waals surface area (Å²) in [5, 5.41) is 0. The highest BCUT2D eigenvalue weighted by molar-refractivity contribution is 5.69. The Labute approximate surface area is 107 Å².